The zero-order chi connectivity index (χ0) is 23.0. The van der Waals surface area contributed by atoms with Gasteiger partial charge in [-0.3, -0.25) is 14.5 Å². The van der Waals surface area contributed by atoms with E-state index in [0.717, 1.165) is 36.1 Å². The van der Waals surface area contributed by atoms with Crippen LogP contribution >= 0.6 is 11.3 Å². The fraction of sp³-hybridized carbons (Fsp3) is 0.333. The molecule has 0 saturated heterocycles. The summed E-state index contributed by atoms with van der Waals surface area (Å²) in [6.07, 6.45) is 4.44. The minimum Gasteiger partial charge on any atom is -0.494 e. The fourth-order valence-corrected chi connectivity index (χ4v) is 5.07. The minimum absolute atomic E-state index is 0.124. The van der Waals surface area contributed by atoms with E-state index in [9.17, 15) is 9.59 Å². The molecule has 1 N–H and O–H groups in total. The molecule has 1 heterocycles. The zero-order valence-electron chi connectivity index (χ0n) is 18.9. The maximum Gasteiger partial charge on any atom is 0.248 e. The highest BCUT2D eigenvalue weighted by Crippen LogP contribution is 2.32. The predicted molar refractivity (Wildman–Crippen MR) is 133 cm³/mol. The van der Waals surface area contributed by atoms with Crippen LogP contribution in [0.15, 0.2) is 72.1 Å². The molecule has 0 unspecified atom stereocenters. The number of rotatable bonds is 9. The summed E-state index contributed by atoms with van der Waals surface area (Å²) in [5.74, 6) is 0.405. The lowest BCUT2D eigenvalue weighted by molar-refractivity contribution is -0.127. The number of ether oxygens (including phenoxy) is 1. The van der Waals surface area contributed by atoms with Crippen LogP contribution in [0.25, 0.3) is 0 Å². The molecule has 172 valence electrons. The Labute approximate surface area is 199 Å². The molecule has 33 heavy (non-hydrogen) atoms. The van der Waals surface area contributed by atoms with Gasteiger partial charge in [0.05, 0.1) is 13.0 Å². The van der Waals surface area contributed by atoms with E-state index in [0.29, 0.717) is 18.0 Å². The van der Waals surface area contributed by atoms with E-state index in [1.807, 2.05) is 79.0 Å². The van der Waals surface area contributed by atoms with Gasteiger partial charge in [0.15, 0.2) is 0 Å². The summed E-state index contributed by atoms with van der Waals surface area (Å²) < 4.78 is 5.70. The first kappa shape index (κ1) is 23.1. The highest BCUT2D eigenvalue weighted by Gasteiger charge is 2.34. The van der Waals surface area contributed by atoms with E-state index in [4.69, 9.17) is 4.74 Å². The topological polar surface area (TPSA) is 58.6 Å². The highest BCUT2D eigenvalue weighted by atomic mass is 32.1. The third-order valence-electron chi connectivity index (χ3n) is 5.90. The minimum atomic E-state index is -0.767. The monoisotopic (exact) mass is 462 g/mol. The molecule has 1 aliphatic rings. The molecule has 2 amide bonds. The van der Waals surface area contributed by atoms with Crippen molar-refractivity contribution in [2.45, 2.75) is 51.1 Å². The molecule has 1 atom stereocenters. The molecule has 0 spiro atoms. The first-order valence-corrected chi connectivity index (χ1v) is 12.5. The van der Waals surface area contributed by atoms with Gasteiger partial charge in [0, 0.05) is 22.7 Å². The van der Waals surface area contributed by atoms with Crippen molar-refractivity contribution in [3.05, 3.63) is 82.6 Å². The predicted octanol–water partition coefficient (Wildman–Crippen LogP) is 5.52. The van der Waals surface area contributed by atoms with E-state index in [-0.39, 0.29) is 24.3 Å². The Kier molecular flexibility index (Phi) is 7.79. The lowest BCUT2D eigenvalue weighted by Crippen LogP contribution is -2.46. The summed E-state index contributed by atoms with van der Waals surface area (Å²) in [6.45, 7) is 2.45. The smallest absolute Gasteiger partial charge is 0.248 e. The van der Waals surface area contributed by atoms with Crippen LogP contribution in [0.4, 0.5) is 5.69 Å². The SMILES string of the molecule is CCOc1cccc(N(C(=O)Cc2cccs2)[C@H](C(=O)NC2CCCC2)c2ccccc2)c1. The van der Waals surface area contributed by atoms with Crippen molar-refractivity contribution in [1.82, 2.24) is 5.32 Å². The maximum atomic E-state index is 13.7. The first-order chi connectivity index (χ1) is 16.2. The molecule has 0 radical (unpaired) electrons. The van der Waals surface area contributed by atoms with Gasteiger partial charge in [-0.25, -0.2) is 0 Å². The largest absolute Gasteiger partial charge is 0.494 e. The molecule has 1 aromatic heterocycles. The van der Waals surface area contributed by atoms with Crippen molar-refractivity contribution in [2.75, 3.05) is 11.5 Å². The number of benzene rings is 2. The summed E-state index contributed by atoms with van der Waals surface area (Å²) in [6, 6.07) is 20.3. The van der Waals surface area contributed by atoms with E-state index in [1.54, 1.807) is 16.2 Å². The Morgan fingerprint density at radius 2 is 1.85 bits per heavy atom. The van der Waals surface area contributed by atoms with Crippen molar-refractivity contribution in [3.8, 4) is 5.75 Å². The summed E-state index contributed by atoms with van der Waals surface area (Å²) in [7, 11) is 0. The van der Waals surface area contributed by atoms with Gasteiger partial charge < -0.3 is 10.1 Å². The molecule has 1 saturated carbocycles. The number of nitrogens with one attached hydrogen (secondary N) is 1. The first-order valence-electron chi connectivity index (χ1n) is 11.6. The molecule has 0 bridgehead atoms. The molecule has 5 nitrogen and oxygen atoms in total. The Balaban J connectivity index is 1.75. The second-order valence-electron chi connectivity index (χ2n) is 8.25. The molecular formula is C27H30N2O3S. The number of hydrogen-bond acceptors (Lipinski definition) is 4. The number of amides is 2. The van der Waals surface area contributed by atoms with E-state index < -0.39 is 6.04 Å². The van der Waals surface area contributed by atoms with Crippen LogP contribution in [0.5, 0.6) is 5.75 Å². The number of thiophene rings is 1. The summed E-state index contributed by atoms with van der Waals surface area (Å²) in [5, 5.41) is 5.18. The average molecular weight is 463 g/mol. The summed E-state index contributed by atoms with van der Waals surface area (Å²) in [4.78, 5) is 30.1. The van der Waals surface area contributed by atoms with Crippen molar-refractivity contribution >= 4 is 28.8 Å². The van der Waals surface area contributed by atoms with Crippen molar-refractivity contribution < 1.29 is 14.3 Å². The van der Waals surface area contributed by atoms with Crippen LogP contribution in [0.2, 0.25) is 0 Å². The Morgan fingerprint density at radius 1 is 1.06 bits per heavy atom. The van der Waals surface area contributed by atoms with E-state index in [1.165, 1.54) is 0 Å². The molecule has 0 aliphatic heterocycles. The zero-order valence-corrected chi connectivity index (χ0v) is 19.7. The third kappa shape index (κ3) is 5.82. The maximum absolute atomic E-state index is 13.7. The van der Waals surface area contributed by atoms with Crippen LogP contribution in [0.3, 0.4) is 0 Å². The highest BCUT2D eigenvalue weighted by molar-refractivity contribution is 7.10. The van der Waals surface area contributed by atoms with Gasteiger partial charge in [-0.05, 0) is 48.9 Å². The molecule has 2 aromatic carbocycles. The molecule has 3 aromatic rings. The number of carbonyl (C=O) groups excluding carboxylic acids is 2. The van der Waals surface area contributed by atoms with Gasteiger partial charge in [-0.2, -0.15) is 0 Å². The van der Waals surface area contributed by atoms with Crippen LogP contribution in [-0.4, -0.2) is 24.5 Å². The van der Waals surface area contributed by atoms with Crippen LogP contribution < -0.4 is 15.0 Å². The summed E-state index contributed by atoms with van der Waals surface area (Å²) >= 11 is 1.54. The standard InChI is InChI=1S/C27H30N2O3S/c1-2-32-23-15-8-14-22(18-23)29(25(30)19-24-16-9-17-33-24)26(20-10-4-3-5-11-20)27(31)28-21-12-6-7-13-21/h3-5,8-11,14-18,21,26H,2,6-7,12-13,19H2,1H3,(H,28,31)/t26-/m0/s1. The van der Waals surface area contributed by atoms with Crippen LogP contribution in [0, 0.1) is 0 Å². The lowest BCUT2D eigenvalue weighted by Gasteiger charge is -2.32. The third-order valence-corrected chi connectivity index (χ3v) is 6.78. The van der Waals surface area contributed by atoms with Crippen LogP contribution in [-0.2, 0) is 16.0 Å². The van der Waals surface area contributed by atoms with E-state index >= 15 is 0 Å². The quantitative estimate of drug-likeness (QED) is 0.455. The van der Waals surface area contributed by atoms with Crippen molar-refractivity contribution in [3.63, 3.8) is 0 Å². The van der Waals surface area contributed by atoms with E-state index in [2.05, 4.69) is 5.32 Å². The van der Waals surface area contributed by atoms with Gasteiger partial charge >= 0.3 is 0 Å². The number of carbonyl (C=O) groups is 2. The second kappa shape index (κ2) is 11.1. The molecular weight excluding hydrogens is 432 g/mol. The van der Waals surface area contributed by atoms with Gasteiger partial charge in [-0.1, -0.05) is 55.3 Å². The van der Waals surface area contributed by atoms with Crippen molar-refractivity contribution in [2.24, 2.45) is 0 Å². The van der Waals surface area contributed by atoms with Gasteiger partial charge in [0.1, 0.15) is 11.8 Å². The van der Waals surface area contributed by atoms with Gasteiger partial charge in [0.2, 0.25) is 11.8 Å². The molecule has 6 heteroatoms. The fourth-order valence-electron chi connectivity index (χ4n) is 4.38. The lowest BCUT2D eigenvalue weighted by atomic mass is 10.0. The van der Waals surface area contributed by atoms with Gasteiger partial charge in [0.25, 0.3) is 0 Å². The number of nitrogens with zero attached hydrogens (tertiary/aromatic N) is 1. The molecule has 1 fully saturated rings. The molecule has 4 rings (SSSR count). The summed E-state index contributed by atoms with van der Waals surface area (Å²) in [5.41, 5.74) is 1.44. The average Bonchev–Trinajstić information content (AvgIpc) is 3.52. The Hall–Kier alpha value is -3.12. The van der Waals surface area contributed by atoms with Crippen molar-refractivity contribution in [1.29, 1.82) is 0 Å². The Bertz CT molecular complexity index is 1050. The normalized spacial score (nSPS) is 14.6. The number of anilines is 1. The Morgan fingerprint density at radius 3 is 2.55 bits per heavy atom. The van der Waals surface area contributed by atoms with Gasteiger partial charge in [-0.15, -0.1) is 11.3 Å². The molecule has 1 aliphatic carbocycles. The second-order valence-corrected chi connectivity index (χ2v) is 9.29. The van der Waals surface area contributed by atoms with Crippen LogP contribution in [0.1, 0.15) is 49.1 Å². The number of hydrogen-bond donors (Lipinski definition) is 1.